The van der Waals surface area contributed by atoms with E-state index in [1.165, 1.54) is 24.5 Å². The number of nitrogens with two attached hydrogens (primary N) is 1. The number of aliphatic hydroxyl groups excluding tert-OH is 4. The molecule has 0 aromatic rings. The van der Waals surface area contributed by atoms with Crippen LogP contribution < -0.4 is 59.0 Å². The Hall–Kier alpha value is -8.00. The van der Waals surface area contributed by atoms with Crippen LogP contribution in [0.25, 0.3) is 11.3 Å². The number of carboxylic acids is 1. The zero-order chi connectivity index (χ0) is 55.3. The molecule has 74 heavy (non-hydrogen) atoms. The Balaban J connectivity index is 1.44. The predicted octanol–water partition coefficient (Wildman–Crippen LogP) is -7.28. The number of nitrogens with zero attached hydrogens (tertiary/aromatic N) is 2. The Kier molecular flexibility index (Phi) is 20.7. The van der Waals surface area contributed by atoms with Gasteiger partial charge in [0.15, 0.2) is 11.9 Å². The van der Waals surface area contributed by atoms with Gasteiger partial charge in [0.05, 0.1) is 37.2 Å². The van der Waals surface area contributed by atoms with Crippen molar-refractivity contribution in [3.8, 4) is 17.0 Å². The van der Waals surface area contributed by atoms with Crippen molar-refractivity contribution in [1.29, 1.82) is 0 Å². The first-order valence-electron chi connectivity index (χ1n) is 22.9. The van der Waals surface area contributed by atoms with Crippen LogP contribution in [0.3, 0.4) is 0 Å². The molecular formula is C43H60N12O19. The minimum atomic E-state index is -2.69. The number of hydrogen-bond donors (Lipinski definition) is 17. The molecule has 0 aromatic heterocycles. The highest BCUT2D eigenvalue weighted by Gasteiger charge is 2.39. The number of aromatic nitrogens is 1. The maximum absolute atomic E-state index is 14.0. The Morgan fingerprint density at radius 1 is 0.770 bits per heavy atom. The molecule has 31 nitrogen and oxygen atoms in total. The van der Waals surface area contributed by atoms with Gasteiger partial charge in [-0.05, 0) is 44.2 Å². The SMILES string of the molecule is CC(C)[C@H](NC(=O)[C@@H](CO)NC(=O)C1CCNc2c(NC(=O)CCC(N)=O)cc3cc(O)c(=O)cc-3n21)C(=O)N[C@H](C(=O)NCC(=O)N[C@H](C(=O)N[C@H](CO)C(=O)N[C@H]1CCCN(O)C1=O)[C@@H](C)O)[C@H](O)C(=O)O. The van der Waals surface area contributed by atoms with E-state index < -0.39 is 156 Å². The molecular weight excluding hydrogens is 989 g/mol. The van der Waals surface area contributed by atoms with E-state index in [4.69, 9.17) is 5.73 Å². The second kappa shape index (κ2) is 26.1. The number of benzene rings is 1. The van der Waals surface area contributed by atoms with Gasteiger partial charge in [-0.15, -0.1) is 0 Å². The highest BCUT2D eigenvalue weighted by molar-refractivity contribution is 6.00. The third kappa shape index (κ3) is 15.0. The first-order valence-corrected chi connectivity index (χ1v) is 22.9. The molecule has 18 N–H and O–H groups in total. The van der Waals surface area contributed by atoms with E-state index in [0.717, 1.165) is 19.1 Å². The number of amides is 10. The fourth-order valence-electron chi connectivity index (χ4n) is 7.68. The lowest BCUT2D eigenvalue weighted by Gasteiger charge is -2.34. The van der Waals surface area contributed by atoms with Crippen LogP contribution >= 0.6 is 0 Å². The van der Waals surface area contributed by atoms with E-state index in [-0.39, 0.29) is 61.5 Å². The molecule has 4 aliphatic rings. The Bertz CT molecular complexity index is 2520. The van der Waals surface area contributed by atoms with Gasteiger partial charge < -0.3 is 88.8 Å². The average Bonchev–Trinajstić information content (AvgIpc) is 3.34. The maximum atomic E-state index is 14.0. The number of carboxylic acid groups (broad SMARTS) is 1. The number of hydroxylamine groups is 2. The number of primary amides is 1. The molecule has 0 saturated carbocycles. The number of fused-ring (bicyclic) bond motifs is 3. The monoisotopic (exact) mass is 1050 g/mol. The van der Waals surface area contributed by atoms with Gasteiger partial charge in [-0.2, -0.15) is 0 Å². The van der Waals surface area contributed by atoms with E-state index in [1.54, 1.807) is 0 Å². The summed E-state index contributed by atoms with van der Waals surface area (Å²) in [7, 11) is 0. The maximum Gasteiger partial charge on any atom is 0.335 e. The second-order valence-corrected chi connectivity index (χ2v) is 17.6. The fourth-order valence-corrected chi connectivity index (χ4v) is 7.68. The number of phenols is 1. The number of carbonyl (C=O) groups excluding carboxylic acids is 10. The largest absolute Gasteiger partial charge is 0.504 e. The van der Waals surface area contributed by atoms with Crippen molar-refractivity contribution in [3.63, 3.8) is 0 Å². The summed E-state index contributed by atoms with van der Waals surface area (Å²) in [6, 6.07) is -8.39. The predicted molar refractivity (Wildman–Crippen MR) is 250 cm³/mol. The number of hydrogen-bond acceptors (Lipinski definition) is 19. The lowest BCUT2D eigenvalue weighted by Crippen LogP contribution is -2.63. The number of anilines is 2. The topological polar surface area (TPSA) is 489 Å². The molecule has 0 aromatic carbocycles. The Labute approximate surface area is 419 Å². The van der Waals surface area contributed by atoms with Crippen LogP contribution in [-0.4, -0.2) is 192 Å². The highest BCUT2D eigenvalue weighted by Crippen LogP contribution is 2.39. The molecule has 10 amide bonds. The summed E-state index contributed by atoms with van der Waals surface area (Å²) in [6.07, 6.45) is -4.55. The second-order valence-electron chi connectivity index (χ2n) is 17.6. The molecule has 4 rings (SSSR count). The standard InChI is InChI=1S/C43H60N12O19/c1-17(2)31(52-37(66)23(16-57)49-38(67)24-8-9-45-35-21(47-29(62)7-6-28(44)61)11-19-12-26(59)27(60)13-25(19)55(24)35)40(69)53-33(34(64)43(72)73)39(68)46-14-30(63)51-32(18(3)58)41(70)50-22(15-56)36(65)48-20-5-4-10-54(74)42(20)71/h11-13,17-18,20,22-24,31-34,45,56-59,64,74H,4-10,14-16H2,1-3H3,(H2,44,61)(H,46,68)(H,47,62)(H,48,65)(H,49,67)(H,50,70)(H,51,63)(H,52,66)(H,53,69)(H,72,73)/t18-,20+,22-,23-,24?,31+,32+,33+,34+/m1/s1. The number of carbonyl (C=O) groups is 11. The van der Waals surface area contributed by atoms with Crippen LogP contribution in [0.5, 0.6) is 5.75 Å². The van der Waals surface area contributed by atoms with Gasteiger partial charge in [-0.3, -0.25) is 57.9 Å². The van der Waals surface area contributed by atoms with Crippen LogP contribution in [0.2, 0.25) is 0 Å². The van der Waals surface area contributed by atoms with E-state index in [9.17, 15) is 93.4 Å². The molecule has 0 radical (unpaired) electrons. The molecule has 1 fully saturated rings. The van der Waals surface area contributed by atoms with Crippen LogP contribution in [0.1, 0.15) is 58.9 Å². The minimum absolute atomic E-state index is 0.0141. The van der Waals surface area contributed by atoms with Crippen molar-refractivity contribution in [2.24, 2.45) is 11.7 Å². The van der Waals surface area contributed by atoms with Crippen molar-refractivity contribution < 1.29 is 88.6 Å². The van der Waals surface area contributed by atoms with E-state index in [1.807, 2.05) is 10.6 Å². The molecule has 3 aliphatic heterocycles. The molecule has 3 heterocycles. The summed E-state index contributed by atoms with van der Waals surface area (Å²) in [4.78, 5) is 154. The van der Waals surface area contributed by atoms with Crippen molar-refractivity contribution in [3.05, 3.63) is 28.4 Å². The van der Waals surface area contributed by atoms with E-state index in [0.29, 0.717) is 11.5 Å². The van der Waals surface area contributed by atoms with Crippen molar-refractivity contribution in [2.45, 2.75) is 107 Å². The quantitative estimate of drug-likeness (QED) is 0.0434. The number of rotatable bonds is 24. The number of aliphatic carboxylic acids is 1. The van der Waals surface area contributed by atoms with Crippen molar-refractivity contribution >= 4 is 76.5 Å². The van der Waals surface area contributed by atoms with Gasteiger partial charge in [-0.25, -0.2) is 9.86 Å². The summed E-state index contributed by atoms with van der Waals surface area (Å²) >= 11 is 0. The van der Waals surface area contributed by atoms with Gasteiger partial charge in [0.25, 0.3) is 5.91 Å². The number of pyridine rings is 1. The van der Waals surface area contributed by atoms with Gasteiger partial charge in [0.1, 0.15) is 48.1 Å². The zero-order valence-corrected chi connectivity index (χ0v) is 40.1. The molecule has 31 heteroatoms. The number of piperidine rings is 1. The van der Waals surface area contributed by atoms with Crippen LogP contribution in [0.15, 0.2) is 23.0 Å². The number of aromatic hydroxyl groups is 1. The molecule has 0 bridgehead atoms. The third-order valence-corrected chi connectivity index (χ3v) is 11.6. The molecule has 406 valence electrons. The molecule has 1 unspecified atom stereocenters. The highest BCUT2D eigenvalue weighted by atomic mass is 16.5. The zero-order valence-electron chi connectivity index (χ0n) is 40.1. The number of aliphatic hydroxyl groups is 4. The third-order valence-electron chi connectivity index (χ3n) is 11.6. The fraction of sp³-hybridized carbons (Fsp3) is 0.535. The molecule has 9 atom stereocenters. The van der Waals surface area contributed by atoms with Crippen molar-refractivity contribution in [1.82, 2.24) is 46.8 Å². The Morgan fingerprint density at radius 2 is 1.41 bits per heavy atom. The Morgan fingerprint density at radius 3 is 2.01 bits per heavy atom. The molecule has 1 saturated heterocycles. The summed E-state index contributed by atoms with van der Waals surface area (Å²) in [5, 5.41) is 91.4. The average molecular weight is 1050 g/mol. The van der Waals surface area contributed by atoms with E-state index >= 15 is 0 Å². The first kappa shape index (κ1) is 58.6. The van der Waals surface area contributed by atoms with Gasteiger partial charge >= 0.3 is 5.97 Å². The molecule has 1 aliphatic carbocycles. The summed E-state index contributed by atoms with van der Waals surface area (Å²) in [6.45, 7) is 0.755. The number of nitrogens with one attached hydrogen (secondary N) is 9. The van der Waals surface area contributed by atoms with Crippen LogP contribution in [0.4, 0.5) is 11.5 Å². The summed E-state index contributed by atoms with van der Waals surface area (Å²) in [5.74, 6) is -14.1. The lowest BCUT2D eigenvalue weighted by molar-refractivity contribution is -0.173. The number of phenolic OH excluding ortho intramolecular Hbond substituents is 1. The van der Waals surface area contributed by atoms with Gasteiger partial charge in [0, 0.05) is 37.6 Å². The van der Waals surface area contributed by atoms with Crippen LogP contribution in [0, 0.1) is 5.92 Å². The lowest BCUT2D eigenvalue weighted by atomic mass is 10.0. The summed E-state index contributed by atoms with van der Waals surface area (Å²) < 4.78 is 1.31. The normalized spacial score (nSPS) is 18.1. The van der Waals surface area contributed by atoms with Crippen molar-refractivity contribution in [2.75, 3.05) is 43.5 Å². The molecule has 0 spiro atoms. The smallest absolute Gasteiger partial charge is 0.335 e. The van der Waals surface area contributed by atoms with Gasteiger partial charge in [-0.1, -0.05) is 13.8 Å². The first-order chi connectivity index (χ1) is 34.8. The van der Waals surface area contributed by atoms with E-state index in [2.05, 4.69) is 37.2 Å². The van der Waals surface area contributed by atoms with Gasteiger partial charge in [0.2, 0.25) is 58.6 Å². The summed E-state index contributed by atoms with van der Waals surface area (Å²) in [5.41, 5.74) is 4.66. The minimum Gasteiger partial charge on any atom is -0.504 e. The van der Waals surface area contributed by atoms with Crippen LogP contribution in [-0.2, 0) is 52.7 Å².